The van der Waals surface area contributed by atoms with E-state index in [9.17, 15) is 18.8 Å². The smallest absolute Gasteiger partial charge is 0.268 e. The lowest BCUT2D eigenvalue weighted by Gasteiger charge is -2.14. The molecule has 3 rings (SSSR count). The van der Waals surface area contributed by atoms with Crippen molar-refractivity contribution >= 4 is 28.6 Å². The van der Waals surface area contributed by atoms with Crippen LogP contribution in [-0.2, 0) is 16.1 Å². The van der Waals surface area contributed by atoms with E-state index in [1.165, 1.54) is 6.07 Å². The Balaban J connectivity index is 2.04. The number of hydrogen-bond acceptors (Lipinski definition) is 3. The van der Waals surface area contributed by atoms with Crippen LogP contribution in [0, 0.1) is 5.82 Å². The summed E-state index contributed by atoms with van der Waals surface area (Å²) in [5.74, 6) is -3.25. The van der Waals surface area contributed by atoms with Gasteiger partial charge in [-0.3, -0.25) is 14.4 Å². The SMILES string of the molecule is NC(=O)C(NC(=O)c1cc2ccccc2n1Cc1ccccc1F)C(N)=O. The van der Waals surface area contributed by atoms with Crippen LogP contribution < -0.4 is 16.8 Å². The Kier molecular flexibility index (Phi) is 4.89. The number of primary amides is 2. The summed E-state index contributed by atoms with van der Waals surface area (Å²) in [6.45, 7) is 0.0841. The monoisotopic (exact) mass is 368 g/mol. The van der Waals surface area contributed by atoms with Crippen molar-refractivity contribution in [2.45, 2.75) is 12.6 Å². The molecule has 0 saturated carbocycles. The number of nitrogens with one attached hydrogen (secondary N) is 1. The van der Waals surface area contributed by atoms with E-state index in [0.29, 0.717) is 11.1 Å². The molecule has 0 aliphatic heterocycles. The Hall–Kier alpha value is -3.68. The van der Waals surface area contributed by atoms with Crippen molar-refractivity contribution in [2.75, 3.05) is 0 Å². The van der Waals surface area contributed by atoms with Gasteiger partial charge in [0.2, 0.25) is 11.8 Å². The van der Waals surface area contributed by atoms with Gasteiger partial charge in [0.05, 0.1) is 6.54 Å². The van der Waals surface area contributed by atoms with E-state index in [1.807, 2.05) is 0 Å². The van der Waals surface area contributed by atoms with Crippen LogP contribution in [0.15, 0.2) is 54.6 Å². The number of hydrogen-bond donors (Lipinski definition) is 3. The molecule has 27 heavy (non-hydrogen) atoms. The number of carbonyl (C=O) groups is 3. The number of para-hydroxylation sites is 1. The van der Waals surface area contributed by atoms with Gasteiger partial charge in [0.15, 0.2) is 6.04 Å². The van der Waals surface area contributed by atoms with Crippen LogP contribution in [0.25, 0.3) is 10.9 Å². The van der Waals surface area contributed by atoms with Crippen LogP contribution in [-0.4, -0.2) is 28.3 Å². The third-order valence-electron chi connectivity index (χ3n) is 4.17. The van der Waals surface area contributed by atoms with Crippen LogP contribution in [0.4, 0.5) is 4.39 Å². The van der Waals surface area contributed by atoms with Crippen LogP contribution in [0.3, 0.4) is 0 Å². The summed E-state index contributed by atoms with van der Waals surface area (Å²) < 4.78 is 15.7. The molecular weight excluding hydrogens is 351 g/mol. The van der Waals surface area contributed by atoms with Crippen LogP contribution in [0.5, 0.6) is 0 Å². The standard InChI is InChI=1S/C19H17FN4O3/c20-13-7-3-1-6-12(13)10-24-14-8-4-2-5-11(14)9-15(24)19(27)23-16(17(21)25)18(22)26/h1-9,16H,10H2,(H2,21,25)(H2,22,26)(H,23,27). The molecule has 0 aliphatic rings. The van der Waals surface area contributed by atoms with Crippen molar-refractivity contribution in [1.82, 2.24) is 9.88 Å². The van der Waals surface area contributed by atoms with E-state index in [2.05, 4.69) is 5.32 Å². The number of rotatable bonds is 6. The number of aromatic nitrogens is 1. The van der Waals surface area contributed by atoms with Crippen molar-refractivity contribution in [3.63, 3.8) is 0 Å². The molecule has 0 atom stereocenters. The number of carbonyl (C=O) groups excluding carboxylic acids is 3. The fraction of sp³-hybridized carbons (Fsp3) is 0.105. The van der Waals surface area contributed by atoms with Crippen LogP contribution in [0.1, 0.15) is 16.1 Å². The van der Waals surface area contributed by atoms with E-state index in [4.69, 9.17) is 11.5 Å². The highest BCUT2D eigenvalue weighted by Crippen LogP contribution is 2.22. The summed E-state index contributed by atoms with van der Waals surface area (Å²) in [4.78, 5) is 35.4. The summed E-state index contributed by atoms with van der Waals surface area (Å²) in [5.41, 5.74) is 11.4. The topological polar surface area (TPSA) is 120 Å². The number of nitrogens with two attached hydrogens (primary N) is 2. The molecule has 0 fully saturated rings. The molecule has 1 aromatic heterocycles. The second-order valence-corrected chi connectivity index (χ2v) is 5.98. The Morgan fingerprint density at radius 3 is 2.30 bits per heavy atom. The van der Waals surface area contributed by atoms with E-state index in [-0.39, 0.29) is 12.2 Å². The molecule has 0 aliphatic carbocycles. The summed E-state index contributed by atoms with van der Waals surface area (Å²) in [7, 11) is 0. The molecule has 3 amide bonds. The maximum atomic E-state index is 14.1. The van der Waals surface area contributed by atoms with E-state index < -0.39 is 29.6 Å². The summed E-state index contributed by atoms with van der Waals surface area (Å²) in [6.07, 6.45) is 0. The zero-order valence-corrected chi connectivity index (χ0v) is 14.2. The number of nitrogens with zero attached hydrogens (tertiary/aromatic N) is 1. The first-order valence-corrected chi connectivity index (χ1v) is 8.09. The second kappa shape index (κ2) is 7.28. The van der Waals surface area contributed by atoms with Gasteiger partial charge in [-0.25, -0.2) is 4.39 Å². The predicted molar refractivity (Wildman–Crippen MR) is 97.1 cm³/mol. The maximum Gasteiger partial charge on any atom is 0.268 e. The largest absolute Gasteiger partial charge is 0.367 e. The van der Waals surface area contributed by atoms with Crippen LogP contribution >= 0.6 is 0 Å². The minimum absolute atomic E-state index is 0.0841. The minimum atomic E-state index is -1.64. The molecule has 7 nitrogen and oxygen atoms in total. The van der Waals surface area contributed by atoms with Crippen molar-refractivity contribution < 1.29 is 18.8 Å². The fourth-order valence-electron chi connectivity index (χ4n) is 2.85. The molecular formula is C19H17FN4O3. The molecule has 5 N–H and O–H groups in total. The average molecular weight is 368 g/mol. The Morgan fingerprint density at radius 2 is 1.63 bits per heavy atom. The first kappa shape index (κ1) is 18.1. The van der Waals surface area contributed by atoms with Crippen molar-refractivity contribution in [1.29, 1.82) is 0 Å². The maximum absolute atomic E-state index is 14.1. The lowest BCUT2D eigenvalue weighted by atomic mass is 10.2. The fourth-order valence-corrected chi connectivity index (χ4v) is 2.85. The lowest BCUT2D eigenvalue weighted by molar-refractivity contribution is -0.128. The highest BCUT2D eigenvalue weighted by atomic mass is 19.1. The molecule has 0 saturated heterocycles. The Labute approximate surface area is 153 Å². The molecule has 1 heterocycles. The Morgan fingerprint density at radius 1 is 1.00 bits per heavy atom. The first-order valence-electron chi connectivity index (χ1n) is 8.09. The highest BCUT2D eigenvalue weighted by Gasteiger charge is 2.26. The third kappa shape index (κ3) is 3.64. The van der Waals surface area contributed by atoms with Gasteiger partial charge in [-0.2, -0.15) is 0 Å². The molecule has 0 spiro atoms. The zero-order chi connectivity index (χ0) is 19.6. The molecule has 8 heteroatoms. The summed E-state index contributed by atoms with van der Waals surface area (Å²) >= 11 is 0. The molecule has 0 radical (unpaired) electrons. The lowest BCUT2D eigenvalue weighted by Crippen LogP contribution is -2.52. The van der Waals surface area contributed by atoms with Gasteiger partial charge in [-0.05, 0) is 18.2 Å². The molecule has 2 aromatic carbocycles. The number of halogens is 1. The van der Waals surface area contributed by atoms with Crippen molar-refractivity contribution in [2.24, 2.45) is 11.5 Å². The highest BCUT2D eigenvalue weighted by molar-refractivity contribution is 6.08. The number of benzene rings is 2. The van der Waals surface area contributed by atoms with E-state index in [0.717, 1.165) is 5.39 Å². The van der Waals surface area contributed by atoms with Crippen LogP contribution in [0.2, 0.25) is 0 Å². The van der Waals surface area contributed by atoms with Gasteiger partial charge < -0.3 is 21.4 Å². The quantitative estimate of drug-likeness (QED) is 0.561. The van der Waals surface area contributed by atoms with Gasteiger partial charge in [-0.1, -0.05) is 36.4 Å². The summed E-state index contributed by atoms with van der Waals surface area (Å²) in [5, 5.41) is 2.98. The van der Waals surface area contributed by atoms with Crippen molar-refractivity contribution in [3.8, 4) is 0 Å². The number of amides is 3. The Bertz CT molecular complexity index is 1030. The van der Waals surface area contributed by atoms with Gasteiger partial charge >= 0.3 is 0 Å². The summed E-state index contributed by atoms with van der Waals surface area (Å²) in [6, 6.07) is 13.3. The second-order valence-electron chi connectivity index (χ2n) is 5.98. The molecule has 0 bridgehead atoms. The van der Waals surface area contributed by atoms with Gasteiger partial charge in [0.1, 0.15) is 11.5 Å². The zero-order valence-electron chi connectivity index (χ0n) is 14.2. The molecule has 3 aromatic rings. The normalized spacial score (nSPS) is 10.9. The van der Waals surface area contributed by atoms with E-state index >= 15 is 0 Å². The third-order valence-corrected chi connectivity index (χ3v) is 4.17. The number of fused-ring (bicyclic) bond motifs is 1. The van der Waals surface area contributed by atoms with Gasteiger partial charge in [0, 0.05) is 16.5 Å². The molecule has 138 valence electrons. The minimum Gasteiger partial charge on any atom is -0.367 e. The van der Waals surface area contributed by atoms with Crippen molar-refractivity contribution in [3.05, 3.63) is 71.7 Å². The molecule has 0 unspecified atom stereocenters. The van der Waals surface area contributed by atoms with E-state index in [1.54, 1.807) is 53.1 Å². The van der Waals surface area contributed by atoms with Gasteiger partial charge in [0.25, 0.3) is 5.91 Å². The van der Waals surface area contributed by atoms with Gasteiger partial charge in [-0.15, -0.1) is 0 Å². The average Bonchev–Trinajstić information content (AvgIpc) is 2.99. The first-order chi connectivity index (χ1) is 12.9. The predicted octanol–water partition coefficient (Wildman–Crippen LogP) is 0.898.